The minimum atomic E-state index is -0.598. The Morgan fingerprint density at radius 2 is 1.95 bits per heavy atom. The monoisotopic (exact) mass is 275 g/mol. The molecule has 1 unspecified atom stereocenters. The topological polar surface area (TPSA) is 73.9 Å². The largest absolute Gasteiger partial charge is 0.388 e. The van der Waals surface area contributed by atoms with Gasteiger partial charge in [-0.2, -0.15) is 0 Å². The van der Waals surface area contributed by atoms with Gasteiger partial charge in [0.25, 0.3) is 0 Å². The van der Waals surface area contributed by atoms with Crippen LogP contribution in [0.15, 0.2) is 0 Å². The molecular weight excluding hydrogens is 246 g/mol. The molecule has 5 heteroatoms. The molecule has 0 radical (unpaired) electrons. The van der Waals surface area contributed by atoms with Crippen molar-refractivity contribution in [3.05, 3.63) is 0 Å². The molecule has 0 aromatic carbocycles. The maximum Gasteiger partial charge on any atom is 0.101 e. The quantitative estimate of drug-likeness (QED) is 0.613. The molecule has 0 amide bonds. The van der Waals surface area contributed by atoms with Gasteiger partial charge in [-0.25, -0.2) is 0 Å². The number of methoxy groups -OCH3 is 1. The van der Waals surface area contributed by atoms with Crippen LogP contribution in [-0.4, -0.2) is 56.9 Å². The predicted molar refractivity (Wildman–Crippen MR) is 74.1 cm³/mol. The van der Waals surface area contributed by atoms with Crippen molar-refractivity contribution < 1.29 is 19.3 Å². The van der Waals surface area contributed by atoms with Gasteiger partial charge in [0.05, 0.1) is 32.0 Å². The molecule has 1 aliphatic rings. The lowest BCUT2D eigenvalue weighted by atomic mass is 9.79. The van der Waals surface area contributed by atoms with Crippen molar-refractivity contribution in [3.8, 4) is 0 Å². The van der Waals surface area contributed by atoms with E-state index in [1.807, 2.05) is 0 Å². The van der Waals surface area contributed by atoms with E-state index in [2.05, 4.69) is 6.92 Å². The second-order valence-electron chi connectivity index (χ2n) is 5.60. The molecule has 0 heterocycles. The molecule has 5 nitrogen and oxygen atoms in total. The molecule has 1 atom stereocenters. The van der Waals surface area contributed by atoms with Crippen molar-refractivity contribution in [1.29, 1.82) is 0 Å². The van der Waals surface area contributed by atoms with Crippen molar-refractivity contribution >= 4 is 0 Å². The normalized spacial score (nSPS) is 29.4. The summed E-state index contributed by atoms with van der Waals surface area (Å²) in [6.45, 7) is 4.39. The first-order valence-electron chi connectivity index (χ1n) is 7.20. The maximum absolute atomic E-state index is 9.81. The highest BCUT2D eigenvalue weighted by molar-refractivity contribution is 4.87. The van der Waals surface area contributed by atoms with E-state index in [1.165, 1.54) is 0 Å². The first-order chi connectivity index (χ1) is 9.12. The van der Waals surface area contributed by atoms with Crippen LogP contribution in [0.1, 0.15) is 32.6 Å². The highest BCUT2D eigenvalue weighted by atomic mass is 16.5. The van der Waals surface area contributed by atoms with Gasteiger partial charge in [0.2, 0.25) is 0 Å². The van der Waals surface area contributed by atoms with Crippen molar-refractivity contribution in [3.63, 3.8) is 0 Å². The number of ether oxygens (including phenoxy) is 3. The fourth-order valence-corrected chi connectivity index (χ4v) is 2.38. The van der Waals surface area contributed by atoms with Gasteiger partial charge in [-0.05, 0) is 31.6 Å². The number of aliphatic hydroxyl groups is 1. The molecule has 19 heavy (non-hydrogen) atoms. The van der Waals surface area contributed by atoms with Crippen LogP contribution in [0.4, 0.5) is 0 Å². The summed E-state index contributed by atoms with van der Waals surface area (Å²) in [6.07, 6.45) is 3.68. The summed E-state index contributed by atoms with van der Waals surface area (Å²) in [5, 5.41) is 9.81. The number of nitrogens with two attached hydrogens (primary N) is 1. The molecule has 1 saturated carbocycles. The molecule has 3 N–H and O–H groups in total. The highest BCUT2D eigenvalue weighted by Gasteiger charge is 2.34. The van der Waals surface area contributed by atoms with Gasteiger partial charge in [-0.15, -0.1) is 0 Å². The zero-order chi connectivity index (χ0) is 14.1. The molecule has 1 fully saturated rings. The van der Waals surface area contributed by atoms with Crippen molar-refractivity contribution in [2.24, 2.45) is 11.7 Å². The second kappa shape index (κ2) is 8.87. The molecule has 0 aromatic rings. The maximum atomic E-state index is 9.81. The number of hydrogen-bond acceptors (Lipinski definition) is 5. The van der Waals surface area contributed by atoms with E-state index in [1.54, 1.807) is 7.11 Å². The van der Waals surface area contributed by atoms with E-state index < -0.39 is 6.10 Å². The van der Waals surface area contributed by atoms with Crippen molar-refractivity contribution in [1.82, 2.24) is 0 Å². The lowest BCUT2D eigenvalue weighted by Crippen LogP contribution is -2.45. The van der Waals surface area contributed by atoms with E-state index >= 15 is 0 Å². The summed E-state index contributed by atoms with van der Waals surface area (Å²) in [5.41, 5.74) is 5.62. The molecule has 1 rings (SSSR count). The Morgan fingerprint density at radius 3 is 2.53 bits per heavy atom. The molecule has 0 bridgehead atoms. The van der Waals surface area contributed by atoms with Crippen molar-refractivity contribution in [2.45, 2.75) is 44.3 Å². The van der Waals surface area contributed by atoms with Gasteiger partial charge < -0.3 is 25.1 Å². The molecule has 0 saturated heterocycles. The lowest BCUT2D eigenvalue weighted by Gasteiger charge is -2.39. The average Bonchev–Trinajstić information content (AvgIpc) is 2.44. The molecular formula is C14H29NO4. The Hall–Kier alpha value is -0.200. The molecule has 0 aliphatic heterocycles. The van der Waals surface area contributed by atoms with Crippen LogP contribution >= 0.6 is 0 Å². The molecule has 1 aliphatic carbocycles. The summed E-state index contributed by atoms with van der Waals surface area (Å²) in [4.78, 5) is 0. The lowest BCUT2D eigenvalue weighted by molar-refractivity contribution is -0.111. The fraction of sp³-hybridized carbons (Fsp3) is 1.00. The predicted octanol–water partition coefficient (Wildman–Crippen LogP) is 0.935. The zero-order valence-electron chi connectivity index (χ0n) is 12.3. The van der Waals surface area contributed by atoms with Crippen molar-refractivity contribution in [2.75, 3.05) is 40.1 Å². The fourth-order valence-electron chi connectivity index (χ4n) is 2.38. The molecule has 0 spiro atoms. The van der Waals surface area contributed by atoms with Crippen LogP contribution < -0.4 is 5.73 Å². The summed E-state index contributed by atoms with van der Waals surface area (Å²) in [5.74, 6) is 0.755. The van der Waals surface area contributed by atoms with Gasteiger partial charge in [0.15, 0.2) is 0 Å². The first-order valence-corrected chi connectivity index (χ1v) is 7.20. The van der Waals surface area contributed by atoms with Gasteiger partial charge in [-0.1, -0.05) is 6.92 Å². The first kappa shape index (κ1) is 16.9. The van der Waals surface area contributed by atoms with E-state index in [9.17, 15) is 5.11 Å². The molecule has 114 valence electrons. The van der Waals surface area contributed by atoms with Crippen LogP contribution in [0.3, 0.4) is 0 Å². The van der Waals surface area contributed by atoms with Gasteiger partial charge in [0, 0.05) is 13.7 Å². The second-order valence-corrected chi connectivity index (χ2v) is 5.60. The minimum absolute atomic E-state index is 0.236. The third kappa shape index (κ3) is 6.19. The smallest absolute Gasteiger partial charge is 0.101 e. The van der Waals surface area contributed by atoms with Gasteiger partial charge in [0.1, 0.15) is 6.10 Å². The summed E-state index contributed by atoms with van der Waals surface area (Å²) in [7, 11) is 1.62. The summed E-state index contributed by atoms with van der Waals surface area (Å²) in [6, 6.07) is 0. The van der Waals surface area contributed by atoms with E-state index in [0.29, 0.717) is 26.4 Å². The van der Waals surface area contributed by atoms with Crippen LogP contribution in [0.25, 0.3) is 0 Å². The van der Waals surface area contributed by atoms with E-state index in [0.717, 1.165) is 31.6 Å². The average molecular weight is 275 g/mol. The Balaban J connectivity index is 2.21. The molecule has 0 aromatic heterocycles. The van der Waals surface area contributed by atoms with E-state index in [-0.39, 0.29) is 12.2 Å². The zero-order valence-corrected chi connectivity index (χ0v) is 12.3. The number of aliphatic hydroxyl groups excluding tert-OH is 1. The van der Waals surface area contributed by atoms with Crippen LogP contribution in [-0.2, 0) is 14.2 Å². The number of hydrogen-bond donors (Lipinski definition) is 2. The van der Waals surface area contributed by atoms with Gasteiger partial charge in [-0.3, -0.25) is 0 Å². The summed E-state index contributed by atoms with van der Waals surface area (Å²) < 4.78 is 16.0. The standard InChI is InChI=1S/C14H29NO4/c1-12-3-5-14(11-15,6-4-12)19-10-13(16)9-18-8-7-17-2/h12-13,16H,3-11,15H2,1-2H3. The van der Waals surface area contributed by atoms with Crippen LogP contribution in [0.2, 0.25) is 0 Å². The minimum Gasteiger partial charge on any atom is -0.388 e. The highest BCUT2D eigenvalue weighted by Crippen LogP contribution is 2.34. The van der Waals surface area contributed by atoms with E-state index in [4.69, 9.17) is 19.9 Å². The Bertz CT molecular complexity index is 229. The third-order valence-electron chi connectivity index (χ3n) is 3.88. The SMILES string of the molecule is COCCOCC(O)COC1(CN)CCC(C)CC1. The number of rotatable bonds is 9. The van der Waals surface area contributed by atoms with Crippen LogP contribution in [0.5, 0.6) is 0 Å². The summed E-state index contributed by atoms with van der Waals surface area (Å²) >= 11 is 0. The third-order valence-corrected chi connectivity index (χ3v) is 3.88. The Morgan fingerprint density at radius 1 is 1.26 bits per heavy atom. The Kier molecular flexibility index (Phi) is 7.87. The van der Waals surface area contributed by atoms with Crippen LogP contribution in [0, 0.1) is 5.92 Å². The van der Waals surface area contributed by atoms with Gasteiger partial charge >= 0.3 is 0 Å². The Labute approximate surface area is 116 Å².